The average molecular weight is 199 g/mol. The van der Waals surface area contributed by atoms with E-state index in [4.69, 9.17) is 4.42 Å². The normalized spacial score (nSPS) is 12.5. The third kappa shape index (κ3) is 3.14. The first-order chi connectivity index (χ1) is 6.24. The van der Waals surface area contributed by atoms with Gasteiger partial charge >= 0.3 is 0 Å². The molecule has 4 heteroatoms. The summed E-state index contributed by atoms with van der Waals surface area (Å²) >= 11 is 1.68. The molecule has 0 saturated carbocycles. The fourth-order valence-electron chi connectivity index (χ4n) is 1.10. The molecule has 1 amide bonds. The maximum Gasteiger partial charge on any atom is 0.217 e. The molecule has 0 aromatic carbocycles. The molecule has 0 aliphatic rings. The Morgan fingerprint density at radius 3 is 3.00 bits per heavy atom. The van der Waals surface area contributed by atoms with Gasteiger partial charge in [0.25, 0.3) is 0 Å². The van der Waals surface area contributed by atoms with Crippen molar-refractivity contribution in [2.24, 2.45) is 0 Å². The predicted octanol–water partition coefficient (Wildman–Crippen LogP) is 1.82. The fourth-order valence-corrected chi connectivity index (χ4v) is 1.68. The number of nitrogens with one attached hydrogen (secondary N) is 1. The molecule has 0 aliphatic carbocycles. The molecule has 1 N–H and O–H groups in total. The lowest BCUT2D eigenvalue weighted by Gasteiger charge is -2.13. The van der Waals surface area contributed by atoms with Crippen LogP contribution < -0.4 is 5.32 Å². The van der Waals surface area contributed by atoms with Gasteiger partial charge in [-0.15, -0.1) is 0 Å². The first-order valence-electron chi connectivity index (χ1n) is 4.03. The molecule has 1 unspecified atom stereocenters. The number of carbonyl (C=O) groups is 1. The van der Waals surface area contributed by atoms with Crippen molar-refractivity contribution in [1.82, 2.24) is 5.32 Å². The summed E-state index contributed by atoms with van der Waals surface area (Å²) in [5.41, 5.74) is 0. The second-order valence-corrected chi connectivity index (χ2v) is 3.63. The number of amides is 1. The van der Waals surface area contributed by atoms with Crippen molar-refractivity contribution in [1.29, 1.82) is 0 Å². The van der Waals surface area contributed by atoms with E-state index >= 15 is 0 Å². The molecule has 1 heterocycles. The van der Waals surface area contributed by atoms with E-state index < -0.39 is 0 Å². The first-order valence-corrected chi connectivity index (χ1v) is 5.43. The molecule has 0 aliphatic heterocycles. The Kier molecular flexibility index (Phi) is 3.89. The van der Waals surface area contributed by atoms with E-state index in [2.05, 4.69) is 5.32 Å². The van der Waals surface area contributed by atoms with Gasteiger partial charge in [-0.2, -0.15) is 11.8 Å². The predicted molar refractivity (Wildman–Crippen MR) is 53.6 cm³/mol. The number of hydrogen-bond acceptors (Lipinski definition) is 3. The van der Waals surface area contributed by atoms with Gasteiger partial charge in [-0.25, -0.2) is 0 Å². The summed E-state index contributed by atoms with van der Waals surface area (Å²) in [7, 11) is 0. The van der Waals surface area contributed by atoms with Crippen LogP contribution in [0.25, 0.3) is 0 Å². The van der Waals surface area contributed by atoms with Gasteiger partial charge in [0.15, 0.2) is 0 Å². The van der Waals surface area contributed by atoms with E-state index in [9.17, 15) is 4.79 Å². The highest BCUT2D eigenvalue weighted by Crippen LogP contribution is 2.17. The van der Waals surface area contributed by atoms with Crippen molar-refractivity contribution >= 4 is 17.7 Å². The number of furan rings is 1. The van der Waals surface area contributed by atoms with E-state index in [0.717, 1.165) is 11.5 Å². The summed E-state index contributed by atoms with van der Waals surface area (Å²) in [4.78, 5) is 10.9. The molecule has 0 fully saturated rings. The molecule has 0 spiro atoms. The standard InChI is InChI=1S/C9H13NO2S/c1-7(11)10-8(6-13-2)9-4-3-5-12-9/h3-5,8H,6H2,1-2H3,(H,10,11). The maximum absolute atomic E-state index is 10.9. The molecule has 1 aromatic rings. The van der Waals surface area contributed by atoms with Gasteiger partial charge in [-0.3, -0.25) is 4.79 Å². The van der Waals surface area contributed by atoms with Gasteiger partial charge in [0.2, 0.25) is 5.91 Å². The molecular formula is C9H13NO2S. The number of rotatable bonds is 4. The molecule has 1 atom stereocenters. The molecule has 0 radical (unpaired) electrons. The zero-order valence-electron chi connectivity index (χ0n) is 7.74. The minimum absolute atomic E-state index is 0.0116. The third-order valence-corrected chi connectivity index (χ3v) is 2.26. The van der Waals surface area contributed by atoms with Gasteiger partial charge < -0.3 is 9.73 Å². The van der Waals surface area contributed by atoms with Crippen molar-refractivity contribution in [2.75, 3.05) is 12.0 Å². The van der Waals surface area contributed by atoms with E-state index in [-0.39, 0.29) is 11.9 Å². The van der Waals surface area contributed by atoms with Gasteiger partial charge in [0, 0.05) is 12.7 Å². The molecule has 72 valence electrons. The van der Waals surface area contributed by atoms with Crippen molar-refractivity contribution in [2.45, 2.75) is 13.0 Å². The lowest BCUT2D eigenvalue weighted by molar-refractivity contribution is -0.119. The van der Waals surface area contributed by atoms with Crippen LogP contribution in [0.2, 0.25) is 0 Å². The van der Waals surface area contributed by atoms with Gasteiger partial charge in [-0.05, 0) is 18.4 Å². The Hall–Kier alpha value is -0.900. The second kappa shape index (κ2) is 4.97. The fraction of sp³-hybridized carbons (Fsp3) is 0.444. The average Bonchev–Trinajstić information content (AvgIpc) is 2.54. The zero-order chi connectivity index (χ0) is 9.68. The summed E-state index contributed by atoms with van der Waals surface area (Å²) in [6.45, 7) is 1.51. The molecule has 1 aromatic heterocycles. The number of thioether (sulfide) groups is 1. The lowest BCUT2D eigenvalue weighted by atomic mass is 10.2. The minimum Gasteiger partial charge on any atom is -0.467 e. The van der Waals surface area contributed by atoms with Crippen LogP contribution in [0, 0.1) is 0 Å². The second-order valence-electron chi connectivity index (χ2n) is 2.72. The molecule has 3 nitrogen and oxygen atoms in total. The van der Waals surface area contributed by atoms with Crippen LogP contribution in [0.4, 0.5) is 0 Å². The highest BCUT2D eigenvalue weighted by Gasteiger charge is 2.13. The smallest absolute Gasteiger partial charge is 0.217 e. The Morgan fingerprint density at radius 1 is 1.77 bits per heavy atom. The summed E-state index contributed by atoms with van der Waals surface area (Å²) in [5, 5.41) is 2.83. The van der Waals surface area contributed by atoms with Crippen LogP contribution in [0.15, 0.2) is 22.8 Å². The summed E-state index contributed by atoms with van der Waals surface area (Å²) in [6, 6.07) is 3.68. The van der Waals surface area contributed by atoms with Gasteiger partial charge in [-0.1, -0.05) is 0 Å². The Balaban J connectivity index is 2.62. The van der Waals surface area contributed by atoms with E-state index in [1.807, 2.05) is 18.4 Å². The highest BCUT2D eigenvalue weighted by atomic mass is 32.2. The number of hydrogen-bond donors (Lipinski definition) is 1. The summed E-state index contributed by atoms with van der Waals surface area (Å²) in [5.74, 6) is 1.60. The number of carbonyl (C=O) groups excluding carboxylic acids is 1. The van der Waals surface area contributed by atoms with Crippen LogP contribution in [0.5, 0.6) is 0 Å². The molecular weight excluding hydrogens is 186 g/mol. The third-order valence-electron chi connectivity index (χ3n) is 1.60. The SMILES string of the molecule is CSCC(NC(C)=O)c1ccco1. The van der Waals surface area contributed by atoms with Crippen LogP contribution in [0.1, 0.15) is 18.7 Å². The van der Waals surface area contributed by atoms with E-state index in [1.165, 1.54) is 6.92 Å². The summed E-state index contributed by atoms with van der Waals surface area (Å²) < 4.78 is 5.22. The zero-order valence-corrected chi connectivity index (χ0v) is 8.56. The van der Waals surface area contributed by atoms with Gasteiger partial charge in [0.05, 0.1) is 12.3 Å². The molecule has 13 heavy (non-hydrogen) atoms. The molecule has 1 rings (SSSR count). The van der Waals surface area contributed by atoms with E-state index in [1.54, 1.807) is 18.0 Å². The molecule has 0 bridgehead atoms. The minimum atomic E-state index is -0.0320. The van der Waals surface area contributed by atoms with Crippen LogP contribution in [-0.4, -0.2) is 17.9 Å². The monoisotopic (exact) mass is 199 g/mol. The van der Waals surface area contributed by atoms with Crippen molar-refractivity contribution < 1.29 is 9.21 Å². The van der Waals surface area contributed by atoms with E-state index in [0.29, 0.717) is 0 Å². The van der Waals surface area contributed by atoms with Gasteiger partial charge in [0.1, 0.15) is 5.76 Å². The molecule has 0 saturated heterocycles. The lowest BCUT2D eigenvalue weighted by Crippen LogP contribution is -2.27. The maximum atomic E-state index is 10.9. The highest BCUT2D eigenvalue weighted by molar-refractivity contribution is 7.98. The quantitative estimate of drug-likeness (QED) is 0.804. The Bertz CT molecular complexity index is 259. The first kappa shape index (κ1) is 10.2. The van der Waals surface area contributed by atoms with Crippen molar-refractivity contribution in [3.8, 4) is 0 Å². The Labute approximate surface area is 81.9 Å². The topological polar surface area (TPSA) is 42.2 Å². The Morgan fingerprint density at radius 2 is 2.54 bits per heavy atom. The summed E-state index contributed by atoms with van der Waals surface area (Å²) in [6.07, 6.45) is 3.61. The largest absolute Gasteiger partial charge is 0.467 e. The van der Waals surface area contributed by atoms with Crippen molar-refractivity contribution in [3.05, 3.63) is 24.2 Å². The van der Waals surface area contributed by atoms with Crippen LogP contribution >= 0.6 is 11.8 Å². The van der Waals surface area contributed by atoms with Crippen LogP contribution in [-0.2, 0) is 4.79 Å². The van der Waals surface area contributed by atoms with Crippen LogP contribution in [0.3, 0.4) is 0 Å². The van der Waals surface area contributed by atoms with Crippen molar-refractivity contribution in [3.63, 3.8) is 0 Å².